The van der Waals surface area contributed by atoms with Gasteiger partial charge >= 0.3 is 0 Å². The van der Waals surface area contributed by atoms with E-state index in [2.05, 4.69) is 20.5 Å². The first-order valence-corrected chi connectivity index (χ1v) is 8.07. The molecule has 0 saturated heterocycles. The van der Waals surface area contributed by atoms with Crippen molar-refractivity contribution in [3.63, 3.8) is 0 Å². The summed E-state index contributed by atoms with van der Waals surface area (Å²) in [7, 11) is 0. The van der Waals surface area contributed by atoms with E-state index < -0.39 is 0 Å². The molecule has 0 aliphatic rings. The van der Waals surface area contributed by atoms with Gasteiger partial charge in [-0.05, 0) is 30.3 Å². The third kappa shape index (κ3) is 4.08. The third-order valence-electron chi connectivity index (χ3n) is 2.88. The van der Waals surface area contributed by atoms with Gasteiger partial charge in [-0.3, -0.25) is 14.3 Å². The number of anilines is 1. The Morgan fingerprint density at radius 2 is 2.22 bits per heavy atom. The fourth-order valence-corrected chi connectivity index (χ4v) is 2.81. The van der Waals surface area contributed by atoms with Crippen molar-refractivity contribution in [1.29, 1.82) is 0 Å². The van der Waals surface area contributed by atoms with Gasteiger partial charge in [-0.1, -0.05) is 29.4 Å². The topological polar surface area (TPSA) is 72.7 Å². The van der Waals surface area contributed by atoms with E-state index in [1.54, 1.807) is 47.6 Å². The molecule has 3 aromatic rings. The van der Waals surface area contributed by atoms with E-state index >= 15 is 0 Å². The van der Waals surface area contributed by atoms with Crippen LogP contribution in [0, 0.1) is 0 Å². The lowest BCUT2D eigenvalue weighted by atomic mass is 10.3. The van der Waals surface area contributed by atoms with E-state index in [1.165, 1.54) is 11.8 Å². The van der Waals surface area contributed by atoms with Crippen molar-refractivity contribution >= 4 is 35.0 Å². The van der Waals surface area contributed by atoms with Crippen LogP contribution in [-0.2, 0) is 4.79 Å². The van der Waals surface area contributed by atoms with Crippen LogP contribution in [0.2, 0.25) is 5.02 Å². The molecule has 2 aromatic heterocycles. The fraction of sp³-hybridized carbons (Fsp3) is 0.0667. The molecule has 8 heteroatoms. The summed E-state index contributed by atoms with van der Waals surface area (Å²) in [4.78, 5) is 16.1. The molecule has 1 aromatic carbocycles. The highest BCUT2D eigenvalue weighted by Crippen LogP contribution is 2.20. The van der Waals surface area contributed by atoms with E-state index in [0.29, 0.717) is 15.9 Å². The van der Waals surface area contributed by atoms with Crippen molar-refractivity contribution in [1.82, 2.24) is 19.7 Å². The number of nitrogens with one attached hydrogen (secondary N) is 1. The maximum Gasteiger partial charge on any atom is 0.234 e. The average Bonchev–Trinajstić information content (AvgIpc) is 3.02. The van der Waals surface area contributed by atoms with Gasteiger partial charge in [0.25, 0.3) is 0 Å². The number of rotatable bonds is 5. The summed E-state index contributed by atoms with van der Waals surface area (Å²) in [5, 5.41) is 11.9. The highest BCUT2D eigenvalue weighted by atomic mass is 35.5. The number of hydrogen-bond donors (Lipinski definition) is 1. The minimum Gasteiger partial charge on any atom is -0.325 e. The molecule has 116 valence electrons. The first-order chi connectivity index (χ1) is 11.2. The molecular weight excluding hydrogens is 334 g/mol. The molecule has 0 unspecified atom stereocenters. The van der Waals surface area contributed by atoms with E-state index in [-0.39, 0.29) is 11.7 Å². The number of carbonyl (C=O) groups is 1. The zero-order chi connectivity index (χ0) is 16.1. The van der Waals surface area contributed by atoms with Crippen LogP contribution in [-0.4, -0.2) is 31.4 Å². The van der Waals surface area contributed by atoms with Gasteiger partial charge < -0.3 is 5.32 Å². The maximum absolute atomic E-state index is 12.0. The van der Waals surface area contributed by atoms with Crippen molar-refractivity contribution in [2.75, 3.05) is 11.1 Å². The summed E-state index contributed by atoms with van der Waals surface area (Å²) in [5.74, 6) is 0.0730. The summed E-state index contributed by atoms with van der Waals surface area (Å²) >= 11 is 7.19. The molecule has 3 rings (SSSR count). The van der Waals surface area contributed by atoms with Crippen molar-refractivity contribution in [2.24, 2.45) is 0 Å². The van der Waals surface area contributed by atoms with Gasteiger partial charge in [-0.15, -0.1) is 10.2 Å². The van der Waals surface area contributed by atoms with E-state index in [1.807, 2.05) is 12.1 Å². The van der Waals surface area contributed by atoms with Crippen LogP contribution in [0.3, 0.4) is 0 Å². The van der Waals surface area contributed by atoms with Crippen molar-refractivity contribution in [3.8, 4) is 5.69 Å². The molecule has 0 aliphatic carbocycles. The van der Waals surface area contributed by atoms with Gasteiger partial charge in [0.05, 0.1) is 17.6 Å². The Balaban J connectivity index is 1.63. The molecular formula is C15H12ClN5OS. The number of carbonyl (C=O) groups excluding carboxylic acids is 1. The number of halogens is 1. The van der Waals surface area contributed by atoms with Crippen molar-refractivity contribution in [2.45, 2.75) is 5.16 Å². The smallest absolute Gasteiger partial charge is 0.234 e. The second-order valence-corrected chi connectivity index (χ2v) is 5.92. The zero-order valence-corrected chi connectivity index (χ0v) is 13.5. The summed E-state index contributed by atoms with van der Waals surface area (Å²) < 4.78 is 1.78. The number of benzene rings is 1. The Hall–Kier alpha value is -2.38. The third-order valence-corrected chi connectivity index (χ3v) is 4.06. The molecule has 0 saturated carbocycles. The second kappa shape index (κ2) is 7.26. The number of aromatic nitrogens is 4. The first-order valence-electron chi connectivity index (χ1n) is 6.71. The number of thioether (sulfide) groups is 1. The van der Waals surface area contributed by atoms with Crippen LogP contribution in [0.5, 0.6) is 0 Å². The molecule has 0 aliphatic heterocycles. The summed E-state index contributed by atoms with van der Waals surface area (Å²) in [6.45, 7) is 0. The lowest BCUT2D eigenvalue weighted by Crippen LogP contribution is -2.14. The predicted octanol–water partition coefficient (Wildman–Crippen LogP) is 3.05. The van der Waals surface area contributed by atoms with Crippen LogP contribution in [0.25, 0.3) is 5.69 Å². The Morgan fingerprint density at radius 1 is 1.30 bits per heavy atom. The Bertz CT molecular complexity index is 808. The van der Waals surface area contributed by atoms with E-state index in [4.69, 9.17) is 11.6 Å². The molecule has 1 N–H and O–H groups in total. The molecule has 0 bridgehead atoms. The lowest BCUT2D eigenvalue weighted by molar-refractivity contribution is -0.113. The van der Waals surface area contributed by atoms with Gasteiger partial charge in [0.2, 0.25) is 5.91 Å². The van der Waals surface area contributed by atoms with E-state index in [9.17, 15) is 4.79 Å². The molecule has 0 atom stereocenters. The van der Waals surface area contributed by atoms with Crippen molar-refractivity contribution in [3.05, 3.63) is 60.1 Å². The predicted molar refractivity (Wildman–Crippen MR) is 90.0 cm³/mol. The number of hydrogen-bond acceptors (Lipinski definition) is 5. The van der Waals surface area contributed by atoms with Crippen LogP contribution in [0.15, 0.2) is 60.3 Å². The van der Waals surface area contributed by atoms with Crippen LogP contribution >= 0.6 is 23.4 Å². The zero-order valence-electron chi connectivity index (χ0n) is 11.9. The average molecular weight is 346 g/mol. The van der Waals surface area contributed by atoms with Gasteiger partial charge in [0, 0.05) is 16.9 Å². The number of amides is 1. The molecule has 0 spiro atoms. The summed E-state index contributed by atoms with van der Waals surface area (Å²) in [6.07, 6.45) is 4.99. The van der Waals surface area contributed by atoms with Crippen LogP contribution in [0.4, 0.5) is 5.69 Å². The Morgan fingerprint density at radius 3 is 3.00 bits per heavy atom. The second-order valence-electron chi connectivity index (χ2n) is 4.54. The van der Waals surface area contributed by atoms with Crippen molar-refractivity contribution < 1.29 is 4.79 Å². The number of nitrogens with zero attached hydrogens (tertiary/aromatic N) is 4. The Kier molecular flexibility index (Phi) is 4.89. The molecule has 6 nitrogen and oxygen atoms in total. The van der Waals surface area contributed by atoms with Crippen LogP contribution < -0.4 is 5.32 Å². The molecule has 23 heavy (non-hydrogen) atoms. The Labute approximate surface area is 141 Å². The SMILES string of the molecule is O=C(CSc1nncn1-c1cccnc1)Nc1cccc(Cl)c1. The highest BCUT2D eigenvalue weighted by Gasteiger charge is 2.10. The normalized spacial score (nSPS) is 10.5. The molecule has 2 heterocycles. The maximum atomic E-state index is 12.0. The van der Waals surface area contributed by atoms with E-state index in [0.717, 1.165) is 5.69 Å². The van der Waals surface area contributed by atoms with Gasteiger partial charge in [0.15, 0.2) is 5.16 Å². The van der Waals surface area contributed by atoms with Gasteiger partial charge in [-0.2, -0.15) is 0 Å². The lowest BCUT2D eigenvalue weighted by Gasteiger charge is -2.07. The number of pyridine rings is 1. The minimum atomic E-state index is -0.141. The van der Waals surface area contributed by atoms with Gasteiger partial charge in [0.1, 0.15) is 6.33 Å². The molecule has 0 radical (unpaired) electrons. The fourth-order valence-electron chi connectivity index (χ4n) is 1.89. The standard InChI is InChI=1S/C15H12ClN5OS/c16-11-3-1-4-12(7-11)19-14(22)9-23-15-20-18-10-21(15)13-5-2-6-17-8-13/h1-8,10H,9H2,(H,19,22). The summed E-state index contributed by atoms with van der Waals surface area (Å²) in [5.41, 5.74) is 1.51. The first kappa shape index (κ1) is 15.5. The monoisotopic (exact) mass is 345 g/mol. The van der Waals surface area contributed by atoms with Crippen LogP contribution in [0.1, 0.15) is 0 Å². The minimum absolute atomic E-state index is 0.141. The quantitative estimate of drug-likeness (QED) is 0.719. The largest absolute Gasteiger partial charge is 0.325 e. The molecule has 0 fully saturated rings. The highest BCUT2D eigenvalue weighted by molar-refractivity contribution is 7.99. The summed E-state index contributed by atoms with van der Waals surface area (Å²) in [6, 6.07) is 10.7. The van der Waals surface area contributed by atoms with Gasteiger partial charge in [-0.25, -0.2) is 0 Å². The molecule has 1 amide bonds.